The van der Waals surface area contributed by atoms with E-state index in [-0.39, 0.29) is 11.7 Å². The number of piperazine rings is 1. The number of methoxy groups -OCH3 is 1. The Bertz CT molecular complexity index is 1050. The number of ether oxygens (including phenoxy) is 1. The van der Waals surface area contributed by atoms with Crippen molar-refractivity contribution in [3.63, 3.8) is 0 Å². The first-order valence-electron chi connectivity index (χ1n) is 9.83. The second kappa shape index (κ2) is 8.49. The number of rotatable bonds is 4. The van der Waals surface area contributed by atoms with Gasteiger partial charge >= 0.3 is 0 Å². The van der Waals surface area contributed by atoms with Crippen LogP contribution in [-0.4, -0.2) is 54.1 Å². The fraction of sp³-hybridized carbons (Fsp3) is 0.261. The number of hydrogen-bond donors (Lipinski definition) is 0. The number of anilines is 1. The van der Waals surface area contributed by atoms with Gasteiger partial charge in [0.1, 0.15) is 11.6 Å². The molecular formula is C23H23FN4O2. The fourth-order valence-corrected chi connectivity index (χ4v) is 3.63. The highest BCUT2D eigenvalue weighted by molar-refractivity contribution is 5.95. The van der Waals surface area contributed by atoms with Gasteiger partial charge in [-0.15, -0.1) is 0 Å². The van der Waals surface area contributed by atoms with Gasteiger partial charge < -0.3 is 14.5 Å². The van der Waals surface area contributed by atoms with Crippen molar-refractivity contribution < 1.29 is 13.9 Å². The molecule has 6 nitrogen and oxygen atoms in total. The Kier molecular flexibility index (Phi) is 5.61. The summed E-state index contributed by atoms with van der Waals surface area (Å²) in [6, 6.07) is 13.9. The van der Waals surface area contributed by atoms with Gasteiger partial charge in [-0.2, -0.15) is 0 Å². The number of aromatic nitrogens is 2. The molecule has 7 heteroatoms. The predicted molar refractivity (Wildman–Crippen MR) is 113 cm³/mol. The minimum Gasteiger partial charge on any atom is -0.495 e. The second-order valence-electron chi connectivity index (χ2n) is 7.15. The van der Waals surface area contributed by atoms with Gasteiger partial charge in [-0.1, -0.05) is 12.1 Å². The van der Waals surface area contributed by atoms with Crippen molar-refractivity contribution in [3.05, 3.63) is 71.8 Å². The highest BCUT2D eigenvalue weighted by Crippen LogP contribution is 2.28. The molecule has 0 bridgehead atoms. The van der Waals surface area contributed by atoms with Crippen LogP contribution in [0.15, 0.2) is 54.7 Å². The highest BCUT2D eigenvalue weighted by atomic mass is 19.1. The third-order valence-corrected chi connectivity index (χ3v) is 5.30. The molecule has 3 aromatic rings. The smallest absolute Gasteiger partial charge is 0.257 e. The van der Waals surface area contributed by atoms with Crippen molar-refractivity contribution in [2.45, 2.75) is 6.92 Å². The summed E-state index contributed by atoms with van der Waals surface area (Å²) in [6.45, 7) is 4.46. The molecule has 0 radical (unpaired) electrons. The summed E-state index contributed by atoms with van der Waals surface area (Å²) in [5.41, 5.74) is 2.85. The molecule has 2 aromatic carbocycles. The normalized spacial score (nSPS) is 14.0. The van der Waals surface area contributed by atoms with E-state index in [9.17, 15) is 9.18 Å². The molecule has 1 aliphatic heterocycles. The van der Waals surface area contributed by atoms with E-state index in [4.69, 9.17) is 4.74 Å². The topological polar surface area (TPSA) is 58.6 Å². The van der Waals surface area contributed by atoms with E-state index in [0.29, 0.717) is 35.7 Å². The summed E-state index contributed by atoms with van der Waals surface area (Å²) >= 11 is 0. The molecule has 0 N–H and O–H groups in total. The number of halogens is 1. The van der Waals surface area contributed by atoms with E-state index in [0.717, 1.165) is 24.5 Å². The van der Waals surface area contributed by atoms with E-state index < -0.39 is 0 Å². The number of carbonyl (C=O) groups excluding carboxylic acids is 1. The molecule has 4 rings (SSSR count). The minimum atomic E-state index is -0.311. The van der Waals surface area contributed by atoms with Crippen LogP contribution in [0.1, 0.15) is 16.1 Å². The number of carbonyl (C=O) groups is 1. The first-order chi connectivity index (χ1) is 14.6. The van der Waals surface area contributed by atoms with Crippen LogP contribution < -0.4 is 9.64 Å². The number of para-hydroxylation sites is 2. The van der Waals surface area contributed by atoms with Crippen molar-refractivity contribution in [2.24, 2.45) is 0 Å². The molecule has 2 heterocycles. The van der Waals surface area contributed by atoms with Crippen LogP contribution in [0, 0.1) is 12.7 Å². The lowest BCUT2D eigenvalue weighted by atomic mass is 10.1. The van der Waals surface area contributed by atoms with Gasteiger partial charge in [0.2, 0.25) is 0 Å². The van der Waals surface area contributed by atoms with Gasteiger partial charge in [0.15, 0.2) is 5.82 Å². The van der Waals surface area contributed by atoms with Crippen LogP contribution in [0.5, 0.6) is 5.75 Å². The van der Waals surface area contributed by atoms with E-state index in [2.05, 4.69) is 14.9 Å². The Morgan fingerprint density at radius 2 is 1.73 bits per heavy atom. The van der Waals surface area contributed by atoms with Crippen LogP contribution in [0.2, 0.25) is 0 Å². The average Bonchev–Trinajstić information content (AvgIpc) is 2.79. The molecule has 1 saturated heterocycles. The molecule has 1 amide bonds. The zero-order valence-corrected chi connectivity index (χ0v) is 17.0. The third-order valence-electron chi connectivity index (χ3n) is 5.30. The highest BCUT2D eigenvalue weighted by Gasteiger charge is 2.25. The van der Waals surface area contributed by atoms with Crippen LogP contribution in [-0.2, 0) is 0 Å². The standard InChI is InChI=1S/C23H23FN4O2/c1-16-19(15-25-22(26-16)17-7-9-18(24)10-8-17)23(29)28-13-11-27(12-14-28)20-5-3-4-6-21(20)30-2/h3-10,15H,11-14H2,1-2H3. The molecule has 154 valence electrons. The van der Waals surface area contributed by atoms with Crippen molar-refractivity contribution in [1.82, 2.24) is 14.9 Å². The largest absolute Gasteiger partial charge is 0.495 e. The summed E-state index contributed by atoms with van der Waals surface area (Å²) in [6.07, 6.45) is 1.57. The lowest BCUT2D eigenvalue weighted by molar-refractivity contribution is 0.0745. The Morgan fingerprint density at radius 1 is 1.03 bits per heavy atom. The molecule has 0 spiro atoms. The maximum absolute atomic E-state index is 13.1. The minimum absolute atomic E-state index is 0.0715. The molecule has 0 saturated carbocycles. The van der Waals surface area contributed by atoms with Crippen LogP contribution >= 0.6 is 0 Å². The molecule has 0 atom stereocenters. The van der Waals surface area contributed by atoms with E-state index in [1.807, 2.05) is 29.2 Å². The molecule has 30 heavy (non-hydrogen) atoms. The second-order valence-corrected chi connectivity index (χ2v) is 7.15. The van der Waals surface area contributed by atoms with Gasteiger partial charge in [-0.3, -0.25) is 4.79 Å². The SMILES string of the molecule is COc1ccccc1N1CCN(C(=O)c2cnc(-c3ccc(F)cc3)nc2C)CC1. The molecule has 0 unspecified atom stereocenters. The first kappa shape index (κ1) is 19.8. The van der Waals surface area contributed by atoms with Gasteiger partial charge in [-0.25, -0.2) is 14.4 Å². The number of hydrogen-bond acceptors (Lipinski definition) is 5. The maximum Gasteiger partial charge on any atom is 0.257 e. The zero-order valence-electron chi connectivity index (χ0n) is 17.0. The summed E-state index contributed by atoms with van der Waals surface area (Å²) < 4.78 is 18.6. The first-order valence-corrected chi connectivity index (χ1v) is 9.83. The molecular weight excluding hydrogens is 383 g/mol. The molecule has 1 aromatic heterocycles. The molecule has 1 fully saturated rings. The summed E-state index contributed by atoms with van der Waals surface area (Å²) in [5, 5.41) is 0. The molecule has 0 aliphatic carbocycles. The monoisotopic (exact) mass is 406 g/mol. The zero-order chi connectivity index (χ0) is 21.1. The quantitative estimate of drug-likeness (QED) is 0.663. The number of aryl methyl sites for hydroxylation is 1. The summed E-state index contributed by atoms with van der Waals surface area (Å²) in [7, 11) is 1.66. The maximum atomic E-state index is 13.1. The summed E-state index contributed by atoms with van der Waals surface area (Å²) in [4.78, 5) is 25.9. The van der Waals surface area contributed by atoms with Crippen molar-refractivity contribution in [3.8, 4) is 17.1 Å². The molecule has 1 aliphatic rings. The third kappa shape index (κ3) is 3.96. The van der Waals surface area contributed by atoms with Gasteiger partial charge in [0.25, 0.3) is 5.91 Å². The lowest BCUT2D eigenvalue weighted by Gasteiger charge is -2.36. The van der Waals surface area contributed by atoms with Crippen LogP contribution in [0.25, 0.3) is 11.4 Å². The Balaban J connectivity index is 1.46. The van der Waals surface area contributed by atoms with Gasteiger partial charge in [0.05, 0.1) is 24.1 Å². The van der Waals surface area contributed by atoms with E-state index >= 15 is 0 Å². The Morgan fingerprint density at radius 3 is 2.40 bits per heavy atom. The van der Waals surface area contributed by atoms with Crippen molar-refractivity contribution >= 4 is 11.6 Å². The van der Waals surface area contributed by atoms with Gasteiger partial charge in [-0.05, 0) is 43.3 Å². The Labute approximate surface area is 174 Å². The predicted octanol–water partition coefficient (Wildman–Crippen LogP) is 3.56. The average molecular weight is 406 g/mol. The summed E-state index contributed by atoms with van der Waals surface area (Å²) in [5.74, 6) is 0.926. The van der Waals surface area contributed by atoms with E-state index in [1.165, 1.54) is 12.1 Å². The fourth-order valence-electron chi connectivity index (χ4n) is 3.63. The number of benzene rings is 2. The van der Waals surface area contributed by atoms with Crippen molar-refractivity contribution in [2.75, 3.05) is 38.2 Å². The van der Waals surface area contributed by atoms with Crippen LogP contribution in [0.4, 0.5) is 10.1 Å². The van der Waals surface area contributed by atoms with Gasteiger partial charge in [0, 0.05) is 37.9 Å². The Hall–Kier alpha value is -3.48. The van der Waals surface area contributed by atoms with Crippen LogP contribution in [0.3, 0.4) is 0 Å². The lowest BCUT2D eigenvalue weighted by Crippen LogP contribution is -2.49. The number of amides is 1. The van der Waals surface area contributed by atoms with E-state index in [1.54, 1.807) is 32.4 Å². The van der Waals surface area contributed by atoms with Crippen molar-refractivity contribution in [1.29, 1.82) is 0 Å². The number of nitrogens with zero attached hydrogens (tertiary/aromatic N) is 4.